The third-order valence-electron chi connectivity index (χ3n) is 7.15. The van der Waals surface area contributed by atoms with Crippen molar-refractivity contribution >= 4 is 17.3 Å². The topological polar surface area (TPSA) is 94.9 Å². The lowest BCUT2D eigenvalue weighted by Gasteiger charge is -2.35. The number of aromatic hydroxyl groups is 1. The second kappa shape index (κ2) is 15.7. The number of phenolic OH excluding ortho intramolecular Hbond substituents is 1. The van der Waals surface area contributed by atoms with Crippen LogP contribution in [0, 0.1) is 5.41 Å². The number of anilines is 1. The molecule has 3 N–H and O–H groups in total. The lowest BCUT2D eigenvalue weighted by molar-refractivity contribution is -0.121. The molecule has 236 valence electrons. The molecule has 1 fully saturated rings. The first-order valence-electron chi connectivity index (χ1n) is 14.3. The zero-order valence-electron chi connectivity index (χ0n) is 25.7. The molecule has 0 radical (unpaired) electrons. The Kier molecular flexibility index (Phi) is 13.0. The summed E-state index contributed by atoms with van der Waals surface area (Å²) in [7, 11) is 0. The molecule has 2 atom stereocenters. The lowest BCUT2D eigenvalue weighted by Crippen LogP contribution is -2.46. The first kappa shape index (κ1) is 35.6. The number of amides is 1. The molecule has 1 unspecified atom stereocenters. The summed E-state index contributed by atoms with van der Waals surface area (Å²) >= 11 is 0. The molecule has 43 heavy (non-hydrogen) atoms. The molecule has 1 aliphatic rings. The van der Waals surface area contributed by atoms with Gasteiger partial charge in [0.1, 0.15) is 18.1 Å². The number of ether oxygens (including phenoxy) is 2. The number of carbonyl (C=O) groups excluding carboxylic acids is 1. The van der Waals surface area contributed by atoms with E-state index in [1.165, 1.54) is 12.1 Å². The van der Waals surface area contributed by atoms with Crippen LogP contribution in [0.25, 0.3) is 0 Å². The molecule has 0 bridgehead atoms. The van der Waals surface area contributed by atoms with Crippen LogP contribution < -0.4 is 10.1 Å². The highest BCUT2D eigenvalue weighted by Gasteiger charge is 2.30. The summed E-state index contributed by atoms with van der Waals surface area (Å²) in [6.07, 6.45) is -1.51. The van der Waals surface area contributed by atoms with E-state index < -0.39 is 30.0 Å². The normalized spacial score (nSPS) is 17.3. The van der Waals surface area contributed by atoms with Gasteiger partial charge >= 0.3 is 6.18 Å². The highest BCUT2D eigenvalue weighted by atomic mass is 19.4. The van der Waals surface area contributed by atoms with E-state index in [4.69, 9.17) is 14.9 Å². The number of allylic oxidation sites excluding steroid dienone is 2. The monoisotopic (exact) mass is 603 g/mol. The average Bonchev–Trinajstić information content (AvgIpc) is 2.91. The molecular weight excluding hydrogens is 559 g/mol. The Bertz CT molecular complexity index is 1260. The number of halogens is 3. The fourth-order valence-corrected chi connectivity index (χ4v) is 4.63. The number of rotatable bonds is 11. The number of hydrogen-bond donors (Lipinski definition) is 3. The summed E-state index contributed by atoms with van der Waals surface area (Å²) in [4.78, 5) is 15.2. The minimum atomic E-state index is -4.54. The maximum absolute atomic E-state index is 12.9. The third kappa shape index (κ3) is 11.2. The maximum Gasteiger partial charge on any atom is 0.394 e. The Morgan fingerprint density at radius 2 is 1.77 bits per heavy atom. The zero-order chi connectivity index (χ0) is 32.4. The number of nitrogens with one attached hydrogen (secondary N) is 2. The van der Waals surface area contributed by atoms with Crippen molar-refractivity contribution in [2.75, 3.05) is 31.6 Å². The molecule has 0 spiro atoms. The van der Waals surface area contributed by atoms with Crippen LogP contribution in [0.2, 0.25) is 0 Å². The highest BCUT2D eigenvalue weighted by molar-refractivity contribution is 6.07. The molecule has 7 nitrogen and oxygen atoms in total. The first-order valence-corrected chi connectivity index (χ1v) is 14.3. The van der Waals surface area contributed by atoms with Crippen molar-refractivity contribution in [3.8, 4) is 11.5 Å². The zero-order valence-corrected chi connectivity index (χ0v) is 25.7. The number of carbonyl (C=O) groups is 1. The van der Waals surface area contributed by atoms with E-state index in [0.717, 1.165) is 37.7 Å². The molecule has 1 saturated heterocycles. The molecule has 3 rings (SSSR count). The van der Waals surface area contributed by atoms with Crippen LogP contribution in [0.5, 0.6) is 11.5 Å². The average molecular weight is 604 g/mol. The van der Waals surface area contributed by atoms with Crippen LogP contribution in [0.1, 0.15) is 68.9 Å². The SMILES string of the molecule is C=CC=C.CCC(C)(C)c1ccc(NC(=O)c2ccc(C(=N)CC(F)(F)F)cc2O)cc1OCCN1CC(C)O[C@H](C)C1. The molecule has 2 aromatic rings. The Morgan fingerprint density at radius 3 is 2.30 bits per heavy atom. The second-order valence-corrected chi connectivity index (χ2v) is 11.2. The quantitative estimate of drug-likeness (QED) is 0.183. The molecule has 1 heterocycles. The molecule has 1 amide bonds. The van der Waals surface area contributed by atoms with E-state index in [1.807, 2.05) is 6.07 Å². The molecular formula is C33H44F3N3O4. The van der Waals surface area contributed by atoms with Crippen LogP contribution in [0.4, 0.5) is 18.9 Å². The molecule has 10 heteroatoms. The van der Waals surface area contributed by atoms with Crippen molar-refractivity contribution in [3.63, 3.8) is 0 Å². The fraction of sp³-hybridized carbons (Fsp3) is 0.455. The Labute approximate surface area is 252 Å². The number of alkyl halides is 3. The Balaban J connectivity index is 0.00000151. The standard InChI is InChI=1S/C29H38F3N3O4.C4H6/c1-6-28(4,5)23-10-8-21(14-26(23)38-12-11-35-16-18(2)39-19(3)17-35)34-27(37)22-9-7-20(13-25(22)36)24(33)15-29(30,31)32;1-3-4-2/h7-10,13-14,18-19,33,36H,6,11-12,15-17H2,1-5H3,(H,34,37);3-4H,1-2H2/t18-,19?;/m1./s1. The van der Waals surface area contributed by atoms with Gasteiger partial charge in [0.25, 0.3) is 5.91 Å². The Hall–Kier alpha value is -3.63. The van der Waals surface area contributed by atoms with Crippen molar-refractivity contribution < 1.29 is 32.5 Å². The summed E-state index contributed by atoms with van der Waals surface area (Å²) in [5.74, 6) is -0.494. The molecule has 0 aromatic heterocycles. The minimum Gasteiger partial charge on any atom is -0.507 e. The number of morpholine rings is 1. The van der Waals surface area contributed by atoms with E-state index in [2.05, 4.69) is 58.0 Å². The summed E-state index contributed by atoms with van der Waals surface area (Å²) < 4.78 is 49.9. The van der Waals surface area contributed by atoms with Gasteiger partial charge in [-0.05, 0) is 55.0 Å². The number of hydrogen-bond acceptors (Lipinski definition) is 6. The van der Waals surface area contributed by atoms with Crippen molar-refractivity contribution in [3.05, 3.63) is 78.4 Å². The van der Waals surface area contributed by atoms with Crippen LogP contribution in [-0.4, -0.2) is 66.3 Å². The number of nitrogens with zero attached hydrogens (tertiary/aromatic N) is 1. The second-order valence-electron chi connectivity index (χ2n) is 11.2. The van der Waals surface area contributed by atoms with Crippen molar-refractivity contribution in [1.29, 1.82) is 5.41 Å². The van der Waals surface area contributed by atoms with Gasteiger partial charge in [-0.1, -0.05) is 58.2 Å². The van der Waals surface area contributed by atoms with Gasteiger partial charge in [-0.25, -0.2) is 0 Å². The molecule has 0 saturated carbocycles. The largest absolute Gasteiger partial charge is 0.507 e. The van der Waals surface area contributed by atoms with E-state index in [9.17, 15) is 23.1 Å². The van der Waals surface area contributed by atoms with Crippen molar-refractivity contribution in [2.45, 2.75) is 71.3 Å². The Morgan fingerprint density at radius 1 is 1.14 bits per heavy atom. The van der Waals surface area contributed by atoms with E-state index in [0.29, 0.717) is 18.0 Å². The van der Waals surface area contributed by atoms with Gasteiger partial charge in [-0.2, -0.15) is 13.2 Å². The highest BCUT2D eigenvalue weighted by Crippen LogP contribution is 2.36. The maximum atomic E-state index is 12.9. The van der Waals surface area contributed by atoms with Gasteiger partial charge in [0, 0.05) is 37.1 Å². The van der Waals surface area contributed by atoms with Crippen LogP contribution in [0.15, 0.2) is 61.7 Å². The van der Waals surface area contributed by atoms with Crippen molar-refractivity contribution in [2.24, 2.45) is 0 Å². The van der Waals surface area contributed by atoms with Gasteiger partial charge in [0.2, 0.25) is 0 Å². The summed E-state index contributed by atoms with van der Waals surface area (Å²) in [5, 5.41) is 20.7. The van der Waals surface area contributed by atoms with Gasteiger partial charge < -0.3 is 25.3 Å². The van der Waals surface area contributed by atoms with E-state index in [1.54, 1.807) is 24.3 Å². The summed E-state index contributed by atoms with van der Waals surface area (Å²) in [6, 6.07) is 8.85. The lowest BCUT2D eigenvalue weighted by atomic mass is 9.81. The predicted octanol–water partition coefficient (Wildman–Crippen LogP) is 7.50. The summed E-state index contributed by atoms with van der Waals surface area (Å²) in [6.45, 7) is 20.0. The van der Waals surface area contributed by atoms with Gasteiger partial charge in [0.15, 0.2) is 0 Å². The van der Waals surface area contributed by atoms with Gasteiger partial charge in [0.05, 0.1) is 24.2 Å². The number of phenols is 1. The van der Waals surface area contributed by atoms with Gasteiger partial charge in [-0.3, -0.25) is 9.69 Å². The van der Waals surface area contributed by atoms with Crippen molar-refractivity contribution in [1.82, 2.24) is 4.90 Å². The molecule has 1 aliphatic heterocycles. The minimum absolute atomic E-state index is 0.104. The summed E-state index contributed by atoms with van der Waals surface area (Å²) in [5.41, 5.74) is 0.368. The molecule has 0 aliphatic carbocycles. The van der Waals surface area contributed by atoms with Gasteiger partial charge in [-0.15, -0.1) is 0 Å². The van der Waals surface area contributed by atoms with E-state index >= 15 is 0 Å². The fourth-order valence-electron chi connectivity index (χ4n) is 4.63. The third-order valence-corrected chi connectivity index (χ3v) is 7.15. The van der Waals surface area contributed by atoms with Crippen LogP contribution >= 0.6 is 0 Å². The molecule has 2 aromatic carbocycles. The number of benzene rings is 2. The smallest absolute Gasteiger partial charge is 0.394 e. The van der Waals surface area contributed by atoms with Crippen LogP contribution in [0.3, 0.4) is 0 Å². The van der Waals surface area contributed by atoms with E-state index in [-0.39, 0.29) is 28.7 Å². The first-order chi connectivity index (χ1) is 20.1. The van der Waals surface area contributed by atoms with Crippen LogP contribution in [-0.2, 0) is 10.2 Å². The predicted molar refractivity (Wildman–Crippen MR) is 166 cm³/mol.